The minimum atomic E-state index is -1.08. The molecule has 1 aliphatic rings. The van der Waals surface area contributed by atoms with Gasteiger partial charge in [-0.3, -0.25) is 0 Å². The van der Waals surface area contributed by atoms with Crippen LogP contribution in [-0.4, -0.2) is 63.2 Å². The summed E-state index contributed by atoms with van der Waals surface area (Å²) >= 11 is 0. The number of hydrogen-bond donors (Lipinski definition) is 3. The predicted molar refractivity (Wildman–Crippen MR) is 108 cm³/mol. The van der Waals surface area contributed by atoms with E-state index < -0.39 is 24.1 Å². The molecule has 1 saturated heterocycles. The van der Waals surface area contributed by atoms with Crippen molar-refractivity contribution in [3.05, 3.63) is 35.9 Å². The van der Waals surface area contributed by atoms with Gasteiger partial charge in [0.1, 0.15) is 23.3 Å². The van der Waals surface area contributed by atoms with Gasteiger partial charge in [0, 0.05) is 19.0 Å². The average molecular weight is 418 g/mol. The molecule has 4 heterocycles. The maximum absolute atomic E-state index is 14.4. The molecule has 1 unspecified atom stereocenters. The number of methoxy groups -OCH3 is 1. The van der Waals surface area contributed by atoms with E-state index in [2.05, 4.69) is 25.7 Å². The van der Waals surface area contributed by atoms with Gasteiger partial charge in [0.25, 0.3) is 0 Å². The van der Waals surface area contributed by atoms with Crippen LogP contribution >= 0.6 is 0 Å². The molecule has 0 amide bonds. The lowest BCUT2D eigenvalue weighted by atomic mass is 10.1. The Balaban J connectivity index is 1.71. The first-order valence-corrected chi connectivity index (χ1v) is 9.84. The standard InChI is InChI=1S/C20H24F2N6O2/c1-11(29)7-15-18(30-2)8-19-24-10-17(28(19)27-15)14-4-3-13(22)20(25-14)26-16-9-23-6-5-12(16)21/h3-4,8,10-12,16,23,29H,5-7,9H2,1-2H3,(H,25,26)/t11?,12-,16-/m0/s1. The normalized spacial score (nSPS) is 20.3. The fourth-order valence-electron chi connectivity index (χ4n) is 3.54. The van der Waals surface area contributed by atoms with Crippen LogP contribution in [0.15, 0.2) is 24.4 Å². The van der Waals surface area contributed by atoms with Crippen molar-refractivity contribution in [1.29, 1.82) is 0 Å². The summed E-state index contributed by atoms with van der Waals surface area (Å²) in [5.74, 6) is -0.0555. The molecule has 0 saturated carbocycles. The maximum Gasteiger partial charge on any atom is 0.165 e. The number of aromatic nitrogens is 4. The molecular weight excluding hydrogens is 394 g/mol. The Morgan fingerprint density at radius 1 is 1.43 bits per heavy atom. The monoisotopic (exact) mass is 418 g/mol. The summed E-state index contributed by atoms with van der Waals surface area (Å²) in [6.45, 7) is 2.66. The van der Waals surface area contributed by atoms with Gasteiger partial charge in [-0.1, -0.05) is 0 Å². The number of ether oxygens (including phenoxy) is 1. The van der Waals surface area contributed by atoms with Crippen LogP contribution in [0.25, 0.3) is 17.0 Å². The van der Waals surface area contributed by atoms with E-state index in [1.165, 1.54) is 19.2 Å². The number of halogens is 2. The highest BCUT2D eigenvalue weighted by molar-refractivity contribution is 5.62. The summed E-state index contributed by atoms with van der Waals surface area (Å²) in [6, 6.07) is 3.97. The van der Waals surface area contributed by atoms with Crippen LogP contribution in [-0.2, 0) is 6.42 Å². The van der Waals surface area contributed by atoms with Gasteiger partial charge in [0.05, 0.1) is 31.1 Å². The second-order valence-electron chi connectivity index (χ2n) is 7.41. The van der Waals surface area contributed by atoms with Crippen molar-refractivity contribution >= 4 is 11.5 Å². The molecule has 1 aliphatic heterocycles. The van der Waals surface area contributed by atoms with Crippen LogP contribution in [0.4, 0.5) is 14.6 Å². The van der Waals surface area contributed by atoms with Crippen LogP contribution in [0.3, 0.4) is 0 Å². The van der Waals surface area contributed by atoms with E-state index in [1.807, 2.05) is 0 Å². The van der Waals surface area contributed by atoms with E-state index in [9.17, 15) is 13.9 Å². The SMILES string of the molecule is COc1cc2ncc(-c3ccc(F)c(N[C@H]4CNCC[C@@H]4F)n3)n2nc1CC(C)O. The lowest BCUT2D eigenvalue weighted by molar-refractivity contribution is 0.192. The number of pyridine rings is 1. The molecule has 4 rings (SSSR count). The van der Waals surface area contributed by atoms with Gasteiger partial charge in [-0.25, -0.2) is 23.3 Å². The molecule has 1 fully saturated rings. The summed E-state index contributed by atoms with van der Waals surface area (Å²) < 4.78 is 35.5. The third kappa shape index (κ3) is 4.05. The Bertz CT molecular complexity index is 1040. The molecule has 3 atom stereocenters. The highest BCUT2D eigenvalue weighted by Crippen LogP contribution is 2.26. The highest BCUT2D eigenvalue weighted by atomic mass is 19.1. The number of rotatable bonds is 6. The molecule has 3 aromatic heterocycles. The topological polar surface area (TPSA) is 96.6 Å². The van der Waals surface area contributed by atoms with Crippen molar-refractivity contribution in [2.24, 2.45) is 0 Å². The second kappa shape index (κ2) is 8.49. The zero-order chi connectivity index (χ0) is 21.3. The lowest BCUT2D eigenvalue weighted by Gasteiger charge is -2.28. The summed E-state index contributed by atoms with van der Waals surface area (Å²) in [4.78, 5) is 8.70. The van der Waals surface area contributed by atoms with Gasteiger partial charge >= 0.3 is 0 Å². The average Bonchev–Trinajstić information content (AvgIpc) is 3.13. The predicted octanol–water partition coefficient (Wildman–Crippen LogP) is 1.97. The fourth-order valence-corrected chi connectivity index (χ4v) is 3.54. The number of anilines is 1. The molecule has 30 heavy (non-hydrogen) atoms. The quantitative estimate of drug-likeness (QED) is 0.563. The Morgan fingerprint density at radius 3 is 3.00 bits per heavy atom. The maximum atomic E-state index is 14.4. The van der Waals surface area contributed by atoms with Crippen molar-refractivity contribution in [1.82, 2.24) is 24.9 Å². The van der Waals surface area contributed by atoms with Gasteiger partial charge in [-0.05, 0) is 32.0 Å². The fraction of sp³-hybridized carbons (Fsp3) is 0.450. The summed E-state index contributed by atoms with van der Waals surface area (Å²) in [5.41, 5.74) is 2.07. The molecule has 0 aromatic carbocycles. The lowest BCUT2D eigenvalue weighted by Crippen LogP contribution is -2.46. The largest absolute Gasteiger partial charge is 0.495 e. The summed E-state index contributed by atoms with van der Waals surface area (Å²) in [5, 5.41) is 20.3. The van der Waals surface area contributed by atoms with E-state index in [-0.39, 0.29) is 5.82 Å². The van der Waals surface area contributed by atoms with Crippen molar-refractivity contribution in [2.45, 2.75) is 38.1 Å². The summed E-state index contributed by atoms with van der Waals surface area (Å²) in [7, 11) is 1.53. The van der Waals surface area contributed by atoms with E-state index in [4.69, 9.17) is 4.74 Å². The van der Waals surface area contributed by atoms with Gasteiger partial charge in [0.15, 0.2) is 17.3 Å². The third-order valence-corrected chi connectivity index (χ3v) is 5.07. The van der Waals surface area contributed by atoms with Gasteiger partial charge in [0.2, 0.25) is 0 Å². The Morgan fingerprint density at radius 2 is 2.27 bits per heavy atom. The van der Waals surface area contributed by atoms with E-state index >= 15 is 0 Å². The number of fused-ring (bicyclic) bond motifs is 1. The van der Waals surface area contributed by atoms with E-state index in [0.717, 1.165) is 0 Å². The van der Waals surface area contributed by atoms with Crippen molar-refractivity contribution < 1.29 is 18.6 Å². The third-order valence-electron chi connectivity index (χ3n) is 5.07. The molecule has 0 bridgehead atoms. The first-order chi connectivity index (χ1) is 14.5. The Labute approximate surface area is 172 Å². The van der Waals surface area contributed by atoms with Crippen LogP contribution in [0, 0.1) is 5.82 Å². The second-order valence-corrected chi connectivity index (χ2v) is 7.41. The number of piperidine rings is 1. The van der Waals surface area contributed by atoms with Crippen LogP contribution in [0.2, 0.25) is 0 Å². The molecule has 0 spiro atoms. The van der Waals surface area contributed by atoms with Gasteiger partial charge in [-0.15, -0.1) is 0 Å². The molecule has 0 radical (unpaired) electrons. The van der Waals surface area contributed by atoms with Crippen molar-refractivity contribution in [3.63, 3.8) is 0 Å². The minimum absolute atomic E-state index is 0.0171. The minimum Gasteiger partial charge on any atom is -0.495 e. The van der Waals surface area contributed by atoms with E-state index in [1.54, 1.807) is 23.7 Å². The number of hydrogen-bond acceptors (Lipinski definition) is 7. The first-order valence-electron chi connectivity index (χ1n) is 9.84. The molecule has 3 N–H and O–H groups in total. The van der Waals surface area contributed by atoms with E-state index in [0.29, 0.717) is 54.4 Å². The Kier molecular flexibility index (Phi) is 5.78. The first kappa shape index (κ1) is 20.4. The summed E-state index contributed by atoms with van der Waals surface area (Å²) in [6.07, 6.45) is 0.562. The number of nitrogens with one attached hydrogen (secondary N) is 2. The molecular formula is C20H24F2N6O2. The van der Waals surface area contributed by atoms with Crippen molar-refractivity contribution in [3.8, 4) is 17.1 Å². The molecule has 8 nitrogen and oxygen atoms in total. The van der Waals surface area contributed by atoms with Crippen molar-refractivity contribution in [2.75, 3.05) is 25.5 Å². The van der Waals surface area contributed by atoms with Gasteiger partial charge in [-0.2, -0.15) is 5.10 Å². The number of alkyl halides is 1. The van der Waals surface area contributed by atoms with Gasteiger partial charge < -0.3 is 20.5 Å². The highest BCUT2D eigenvalue weighted by Gasteiger charge is 2.26. The number of aliphatic hydroxyl groups excluding tert-OH is 1. The van der Waals surface area contributed by atoms with Crippen LogP contribution in [0.1, 0.15) is 19.0 Å². The van der Waals surface area contributed by atoms with Crippen LogP contribution < -0.4 is 15.4 Å². The Hall–Kier alpha value is -2.85. The smallest absolute Gasteiger partial charge is 0.165 e. The molecule has 0 aliphatic carbocycles. The molecule has 3 aromatic rings. The molecule has 10 heteroatoms. The number of nitrogens with zero attached hydrogens (tertiary/aromatic N) is 4. The number of imidazole rings is 1. The number of aliphatic hydroxyl groups is 1. The zero-order valence-electron chi connectivity index (χ0n) is 16.8. The zero-order valence-corrected chi connectivity index (χ0v) is 16.8. The molecule has 160 valence electrons. The van der Waals surface area contributed by atoms with Crippen LogP contribution in [0.5, 0.6) is 5.75 Å².